The molecule has 7 heteroatoms. The van der Waals surface area contributed by atoms with E-state index in [9.17, 15) is 4.79 Å². The van der Waals surface area contributed by atoms with E-state index in [1.54, 1.807) is 36.5 Å². The standard InChI is InChI=1S/C23H18Cl2N4O/c24-19-10-9-15(11-20(19)25)13-29-14-16(17-5-2-4-8-22(17)29)12-27-28-23(30)18-6-1-3-7-21(18)26/h1-12,14H,13,26H2,(H,28,30)/b27-12-. The molecule has 0 bridgehead atoms. The maximum atomic E-state index is 12.3. The summed E-state index contributed by atoms with van der Waals surface area (Å²) in [6, 6.07) is 20.5. The molecule has 3 aromatic carbocycles. The number of carbonyl (C=O) groups is 1. The number of amides is 1. The first-order valence-corrected chi connectivity index (χ1v) is 9.98. The molecule has 150 valence electrons. The van der Waals surface area contributed by atoms with E-state index >= 15 is 0 Å². The summed E-state index contributed by atoms with van der Waals surface area (Å²) in [5.74, 6) is -0.358. The third kappa shape index (κ3) is 4.17. The molecular weight excluding hydrogens is 419 g/mol. The number of fused-ring (bicyclic) bond motifs is 1. The number of para-hydroxylation sites is 2. The van der Waals surface area contributed by atoms with Crippen LogP contribution in [-0.4, -0.2) is 16.7 Å². The molecule has 0 saturated heterocycles. The molecule has 0 unspecified atom stereocenters. The van der Waals surface area contributed by atoms with Crippen molar-refractivity contribution in [2.75, 3.05) is 5.73 Å². The van der Waals surface area contributed by atoms with Gasteiger partial charge in [0.15, 0.2) is 0 Å². The second-order valence-corrected chi connectivity index (χ2v) is 7.58. The Morgan fingerprint density at radius 1 is 1.03 bits per heavy atom. The Kier molecular flexibility index (Phi) is 5.74. The van der Waals surface area contributed by atoms with Crippen molar-refractivity contribution in [3.63, 3.8) is 0 Å². The van der Waals surface area contributed by atoms with Crippen molar-refractivity contribution < 1.29 is 4.79 Å². The lowest BCUT2D eigenvalue weighted by molar-refractivity contribution is 0.0956. The molecule has 0 fully saturated rings. The molecule has 5 nitrogen and oxygen atoms in total. The number of rotatable bonds is 5. The highest BCUT2D eigenvalue weighted by molar-refractivity contribution is 6.42. The van der Waals surface area contributed by atoms with Gasteiger partial charge in [0.05, 0.1) is 21.8 Å². The molecule has 0 radical (unpaired) electrons. The van der Waals surface area contributed by atoms with Crippen LogP contribution in [0.15, 0.2) is 78.0 Å². The third-order valence-electron chi connectivity index (χ3n) is 4.73. The molecule has 0 spiro atoms. The predicted molar refractivity (Wildman–Crippen MR) is 123 cm³/mol. The largest absolute Gasteiger partial charge is 0.398 e. The number of benzene rings is 3. The van der Waals surface area contributed by atoms with Crippen LogP contribution in [0.5, 0.6) is 0 Å². The minimum absolute atomic E-state index is 0.358. The monoisotopic (exact) mass is 436 g/mol. The van der Waals surface area contributed by atoms with Crippen molar-refractivity contribution >= 4 is 51.9 Å². The van der Waals surface area contributed by atoms with E-state index in [4.69, 9.17) is 28.9 Å². The average Bonchev–Trinajstić information content (AvgIpc) is 3.08. The Bertz CT molecular complexity index is 1260. The lowest BCUT2D eigenvalue weighted by Gasteiger charge is -2.06. The molecule has 0 atom stereocenters. The molecule has 0 saturated carbocycles. The summed E-state index contributed by atoms with van der Waals surface area (Å²) < 4.78 is 2.10. The molecule has 1 heterocycles. The molecule has 4 rings (SSSR count). The maximum Gasteiger partial charge on any atom is 0.273 e. The van der Waals surface area contributed by atoms with Crippen molar-refractivity contribution in [1.82, 2.24) is 9.99 Å². The fourth-order valence-electron chi connectivity index (χ4n) is 3.27. The van der Waals surface area contributed by atoms with E-state index in [1.165, 1.54) is 0 Å². The number of hydrazone groups is 1. The van der Waals surface area contributed by atoms with Gasteiger partial charge in [0.2, 0.25) is 0 Å². The minimum Gasteiger partial charge on any atom is -0.398 e. The topological polar surface area (TPSA) is 72.4 Å². The maximum absolute atomic E-state index is 12.3. The zero-order valence-corrected chi connectivity index (χ0v) is 17.4. The van der Waals surface area contributed by atoms with Crippen molar-refractivity contribution in [3.05, 3.63) is 99.7 Å². The Morgan fingerprint density at radius 3 is 2.60 bits per heavy atom. The van der Waals surface area contributed by atoms with E-state index < -0.39 is 0 Å². The molecule has 4 aromatic rings. The van der Waals surface area contributed by atoms with Gasteiger partial charge >= 0.3 is 0 Å². The van der Waals surface area contributed by atoms with Crippen LogP contribution in [0.25, 0.3) is 10.9 Å². The molecule has 1 amide bonds. The number of nitrogens with one attached hydrogen (secondary N) is 1. The number of hydrogen-bond acceptors (Lipinski definition) is 3. The first-order chi connectivity index (χ1) is 14.5. The van der Waals surface area contributed by atoms with Gasteiger partial charge in [-0.05, 0) is 35.9 Å². The van der Waals surface area contributed by atoms with Gasteiger partial charge in [0.25, 0.3) is 5.91 Å². The van der Waals surface area contributed by atoms with E-state index in [2.05, 4.69) is 15.1 Å². The van der Waals surface area contributed by atoms with Crippen LogP contribution in [0.4, 0.5) is 5.69 Å². The van der Waals surface area contributed by atoms with Gasteiger partial charge in [-0.2, -0.15) is 5.10 Å². The fourth-order valence-corrected chi connectivity index (χ4v) is 3.59. The van der Waals surface area contributed by atoms with E-state index in [1.807, 2.05) is 42.6 Å². The number of anilines is 1. The number of carbonyl (C=O) groups excluding carboxylic acids is 1. The van der Waals surface area contributed by atoms with Crippen LogP contribution < -0.4 is 11.2 Å². The molecule has 0 aliphatic heterocycles. The van der Waals surface area contributed by atoms with Crippen molar-refractivity contribution in [2.24, 2.45) is 5.10 Å². The number of aromatic nitrogens is 1. The zero-order chi connectivity index (χ0) is 21.1. The van der Waals surface area contributed by atoms with Crippen LogP contribution in [0.1, 0.15) is 21.5 Å². The number of nitrogen functional groups attached to an aromatic ring is 1. The molecule has 30 heavy (non-hydrogen) atoms. The third-order valence-corrected chi connectivity index (χ3v) is 5.47. The van der Waals surface area contributed by atoms with Crippen molar-refractivity contribution in [3.8, 4) is 0 Å². The predicted octanol–water partition coefficient (Wildman–Crippen LogP) is 5.34. The van der Waals surface area contributed by atoms with Gasteiger partial charge in [-0.1, -0.05) is 59.6 Å². The number of nitrogens with zero attached hydrogens (tertiary/aromatic N) is 2. The second-order valence-electron chi connectivity index (χ2n) is 6.76. The summed E-state index contributed by atoms with van der Waals surface area (Å²) in [5, 5.41) is 6.20. The minimum atomic E-state index is -0.358. The first kappa shape index (κ1) is 20.0. The Hall–Kier alpha value is -3.28. The van der Waals surface area contributed by atoms with Gasteiger partial charge in [-0.25, -0.2) is 5.43 Å². The van der Waals surface area contributed by atoms with Crippen LogP contribution in [0.3, 0.4) is 0 Å². The van der Waals surface area contributed by atoms with Gasteiger partial charge < -0.3 is 10.3 Å². The van der Waals surface area contributed by atoms with E-state index in [-0.39, 0.29) is 5.91 Å². The summed E-state index contributed by atoms with van der Waals surface area (Å²) >= 11 is 12.2. The Labute approximate surface area is 183 Å². The molecule has 1 aromatic heterocycles. The summed E-state index contributed by atoms with van der Waals surface area (Å²) in [4.78, 5) is 12.3. The van der Waals surface area contributed by atoms with Crippen LogP contribution >= 0.6 is 23.2 Å². The van der Waals surface area contributed by atoms with E-state index in [0.717, 1.165) is 22.0 Å². The molecular formula is C23H18Cl2N4O. The zero-order valence-electron chi connectivity index (χ0n) is 15.8. The van der Waals surface area contributed by atoms with E-state index in [0.29, 0.717) is 27.8 Å². The first-order valence-electron chi connectivity index (χ1n) is 9.22. The summed E-state index contributed by atoms with van der Waals surface area (Å²) in [6.45, 7) is 0.623. The fraction of sp³-hybridized carbons (Fsp3) is 0.0435. The SMILES string of the molecule is Nc1ccccc1C(=O)N/N=C\c1cn(Cc2ccc(Cl)c(Cl)c2)c2ccccc12. The number of nitrogens with two attached hydrogens (primary N) is 1. The summed E-state index contributed by atoms with van der Waals surface area (Å²) in [6.07, 6.45) is 3.62. The van der Waals surface area contributed by atoms with Crippen LogP contribution in [0.2, 0.25) is 10.0 Å². The highest BCUT2D eigenvalue weighted by Gasteiger charge is 2.10. The Balaban J connectivity index is 1.59. The molecule has 0 aliphatic carbocycles. The average molecular weight is 437 g/mol. The summed E-state index contributed by atoms with van der Waals surface area (Å²) in [7, 11) is 0. The lowest BCUT2D eigenvalue weighted by Crippen LogP contribution is -2.18. The smallest absolute Gasteiger partial charge is 0.273 e. The number of halogens is 2. The van der Waals surface area contributed by atoms with Crippen molar-refractivity contribution in [2.45, 2.75) is 6.54 Å². The second kappa shape index (κ2) is 8.61. The van der Waals surface area contributed by atoms with Crippen LogP contribution in [0, 0.1) is 0 Å². The molecule has 0 aliphatic rings. The van der Waals surface area contributed by atoms with Gasteiger partial charge in [-0.3, -0.25) is 4.79 Å². The normalized spacial score (nSPS) is 11.3. The van der Waals surface area contributed by atoms with Gasteiger partial charge in [0, 0.05) is 34.9 Å². The van der Waals surface area contributed by atoms with Gasteiger partial charge in [-0.15, -0.1) is 0 Å². The van der Waals surface area contributed by atoms with Crippen LogP contribution in [-0.2, 0) is 6.54 Å². The molecule has 3 N–H and O–H groups in total. The summed E-state index contributed by atoms with van der Waals surface area (Å²) in [5.41, 5.74) is 12.1. The quantitative estimate of drug-likeness (QED) is 0.251. The van der Waals surface area contributed by atoms with Gasteiger partial charge in [0.1, 0.15) is 0 Å². The van der Waals surface area contributed by atoms with Crippen molar-refractivity contribution in [1.29, 1.82) is 0 Å². The highest BCUT2D eigenvalue weighted by Crippen LogP contribution is 2.25. The highest BCUT2D eigenvalue weighted by atomic mass is 35.5. The Morgan fingerprint density at radius 2 is 1.80 bits per heavy atom. The number of hydrogen-bond donors (Lipinski definition) is 2. The lowest BCUT2D eigenvalue weighted by atomic mass is 10.2.